The molecule has 1 fully saturated rings. The molecule has 1 rings (SSSR count). The fraction of sp³-hybridized carbons (Fsp3) is 0.850. The average Bonchev–Trinajstić information content (AvgIpc) is 2.65. The number of carbonyl (C=O) groups is 1. The Balaban J connectivity index is 2.26. The minimum atomic E-state index is -1.45. The number of allylic oxidation sites excluding steroid dienone is 2. The molecule has 1 amide bonds. The van der Waals surface area contributed by atoms with Crippen molar-refractivity contribution in [2.24, 2.45) is 0 Å². The van der Waals surface area contributed by atoms with Crippen molar-refractivity contribution in [1.29, 1.82) is 0 Å². The highest BCUT2D eigenvalue weighted by Gasteiger charge is 2.46. The molecule has 0 aromatic carbocycles. The first-order chi connectivity index (χ1) is 12.9. The van der Waals surface area contributed by atoms with Crippen LogP contribution in [-0.2, 0) is 9.53 Å². The van der Waals surface area contributed by atoms with Crippen LogP contribution in [-0.4, -0.2) is 75.5 Å². The first kappa shape index (κ1) is 24.0. The lowest BCUT2D eigenvalue weighted by Gasteiger charge is -2.43. The summed E-state index contributed by atoms with van der Waals surface area (Å²) in [6.07, 6.45) is 8.06. The molecule has 1 saturated heterocycles. The van der Waals surface area contributed by atoms with E-state index >= 15 is 0 Å². The predicted octanol–water partition coefficient (Wildman–Crippen LogP) is 1.33. The number of likely N-dealkylation sites (N-methyl/N-ethyl adjacent to an activating group) is 1. The van der Waals surface area contributed by atoms with E-state index in [0.29, 0.717) is 6.42 Å². The summed E-state index contributed by atoms with van der Waals surface area (Å²) in [4.78, 5) is 13.6. The third-order valence-corrected chi connectivity index (χ3v) is 5.09. The van der Waals surface area contributed by atoms with E-state index in [-0.39, 0.29) is 5.91 Å². The molecule has 0 spiro atoms. The molecule has 0 aromatic heterocycles. The van der Waals surface area contributed by atoms with Gasteiger partial charge in [0.05, 0.1) is 6.61 Å². The molecule has 0 bridgehead atoms. The van der Waals surface area contributed by atoms with Crippen molar-refractivity contribution < 1.29 is 30.0 Å². The highest BCUT2D eigenvalue weighted by Crippen LogP contribution is 2.24. The second kappa shape index (κ2) is 13.2. The van der Waals surface area contributed by atoms with E-state index in [0.717, 1.165) is 44.9 Å². The zero-order valence-electron chi connectivity index (χ0n) is 16.7. The van der Waals surface area contributed by atoms with E-state index in [2.05, 4.69) is 19.1 Å². The SMILES string of the molecule is CCCC=CCCCCCCCC(=O)N(C)[C@H]1C(O)O[C@H](CO)[C@@H](O)[C@@H]1O. The Morgan fingerprint density at radius 1 is 1.00 bits per heavy atom. The molecule has 158 valence electrons. The standard InChI is InChI=1S/C20H37NO6/c1-3-4-5-6-7-8-9-10-11-12-13-16(23)21(2)17-19(25)18(24)15(14-22)27-20(17)26/h5-6,15,17-20,22,24-26H,3-4,7-14H2,1-2H3/t15-,17-,18-,19-,20?/m1/s1. The third-order valence-electron chi connectivity index (χ3n) is 5.09. The summed E-state index contributed by atoms with van der Waals surface area (Å²) in [6, 6.07) is -1.05. The summed E-state index contributed by atoms with van der Waals surface area (Å²) >= 11 is 0. The van der Waals surface area contributed by atoms with Crippen molar-refractivity contribution in [3.63, 3.8) is 0 Å². The number of nitrogens with zero attached hydrogens (tertiary/aromatic N) is 1. The van der Waals surface area contributed by atoms with E-state index in [4.69, 9.17) is 9.84 Å². The van der Waals surface area contributed by atoms with E-state index in [1.165, 1.54) is 18.4 Å². The summed E-state index contributed by atoms with van der Waals surface area (Å²) in [6.45, 7) is 1.65. The highest BCUT2D eigenvalue weighted by atomic mass is 16.6. The molecule has 0 aromatic rings. The van der Waals surface area contributed by atoms with Gasteiger partial charge in [0, 0.05) is 13.5 Å². The average molecular weight is 388 g/mol. The fourth-order valence-electron chi connectivity index (χ4n) is 3.32. The summed E-state index contributed by atoms with van der Waals surface area (Å²) in [5.74, 6) is -0.209. The highest BCUT2D eigenvalue weighted by molar-refractivity contribution is 5.76. The van der Waals surface area contributed by atoms with Crippen molar-refractivity contribution in [2.45, 2.75) is 95.4 Å². The van der Waals surface area contributed by atoms with Gasteiger partial charge in [0.1, 0.15) is 24.4 Å². The van der Waals surface area contributed by atoms with Crippen LogP contribution in [0.3, 0.4) is 0 Å². The Morgan fingerprint density at radius 2 is 1.63 bits per heavy atom. The summed E-state index contributed by atoms with van der Waals surface area (Å²) in [5.41, 5.74) is 0. The number of ether oxygens (including phenoxy) is 1. The smallest absolute Gasteiger partial charge is 0.222 e. The zero-order chi connectivity index (χ0) is 20.2. The lowest BCUT2D eigenvalue weighted by molar-refractivity contribution is -0.268. The van der Waals surface area contributed by atoms with Crippen LogP contribution in [0, 0.1) is 0 Å². The monoisotopic (exact) mass is 387 g/mol. The molecule has 1 aliphatic heterocycles. The molecule has 1 heterocycles. The van der Waals surface area contributed by atoms with Crippen LogP contribution < -0.4 is 0 Å². The van der Waals surface area contributed by atoms with Gasteiger partial charge < -0.3 is 30.1 Å². The topological polar surface area (TPSA) is 110 Å². The van der Waals surface area contributed by atoms with Crippen LogP contribution >= 0.6 is 0 Å². The first-order valence-corrected chi connectivity index (χ1v) is 10.1. The number of amides is 1. The molecule has 1 aliphatic rings. The van der Waals surface area contributed by atoms with Gasteiger partial charge in [0.15, 0.2) is 6.29 Å². The largest absolute Gasteiger partial charge is 0.394 e. The molecule has 1 unspecified atom stereocenters. The Morgan fingerprint density at radius 3 is 2.30 bits per heavy atom. The normalized spacial score (nSPS) is 28.6. The van der Waals surface area contributed by atoms with Crippen molar-refractivity contribution in [3.8, 4) is 0 Å². The van der Waals surface area contributed by atoms with Gasteiger partial charge in [-0.2, -0.15) is 0 Å². The van der Waals surface area contributed by atoms with Crippen LogP contribution in [0.2, 0.25) is 0 Å². The quantitative estimate of drug-likeness (QED) is 0.297. The van der Waals surface area contributed by atoms with Gasteiger partial charge in [0.25, 0.3) is 0 Å². The van der Waals surface area contributed by atoms with Crippen LogP contribution in [0.5, 0.6) is 0 Å². The second-order valence-electron chi connectivity index (χ2n) is 7.29. The molecule has 5 atom stereocenters. The van der Waals surface area contributed by atoms with Gasteiger partial charge in [-0.3, -0.25) is 4.79 Å². The minimum Gasteiger partial charge on any atom is -0.394 e. The van der Waals surface area contributed by atoms with Gasteiger partial charge in [-0.1, -0.05) is 44.8 Å². The molecule has 0 saturated carbocycles. The summed E-state index contributed by atoms with van der Waals surface area (Å²) < 4.78 is 5.10. The van der Waals surface area contributed by atoms with Gasteiger partial charge in [0.2, 0.25) is 5.91 Å². The zero-order valence-corrected chi connectivity index (χ0v) is 16.7. The molecule has 7 heteroatoms. The second-order valence-corrected chi connectivity index (χ2v) is 7.29. The molecule has 27 heavy (non-hydrogen) atoms. The number of hydrogen-bond donors (Lipinski definition) is 4. The van der Waals surface area contributed by atoms with Gasteiger partial charge in [-0.15, -0.1) is 0 Å². The number of hydrogen-bond acceptors (Lipinski definition) is 6. The van der Waals surface area contributed by atoms with Crippen LogP contribution in [0.1, 0.15) is 64.7 Å². The Bertz CT molecular complexity index is 444. The van der Waals surface area contributed by atoms with Gasteiger partial charge in [-0.25, -0.2) is 0 Å². The summed E-state index contributed by atoms with van der Waals surface area (Å²) in [5, 5.41) is 39.2. The van der Waals surface area contributed by atoms with Gasteiger partial charge in [-0.05, 0) is 25.7 Å². The van der Waals surface area contributed by atoms with Crippen molar-refractivity contribution in [2.75, 3.05) is 13.7 Å². The van der Waals surface area contributed by atoms with Crippen LogP contribution in [0.25, 0.3) is 0 Å². The van der Waals surface area contributed by atoms with E-state index in [9.17, 15) is 20.1 Å². The van der Waals surface area contributed by atoms with Crippen molar-refractivity contribution in [1.82, 2.24) is 4.90 Å². The molecular weight excluding hydrogens is 350 g/mol. The van der Waals surface area contributed by atoms with E-state index in [1.54, 1.807) is 0 Å². The van der Waals surface area contributed by atoms with Crippen LogP contribution in [0.15, 0.2) is 12.2 Å². The molecule has 0 aliphatic carbocycles. The lowest BCUT2D eigenvalue weighted by atomic mass is 9.95. The maximum atomic E-state index is 12.3. The van der Waals surface area contributed by atoms with E-state index in [1.807, 2.05) is 0 Å². The first-order valence-electron chi connectivity index (χ1n) is 10.1. The molecule has 4 N–H and O–H groups in total. The predicted molar refractivity (Wildman–Crippen MR) is 103 cm³/mol. The molecule has 7 nitrogen and oxygen atoms in total. The third kappa shape index (κ3) is 7.87. The maximum absolute atomic E-state index is 12.3. The molecular formula is C20H37NO6. The Kier molecular flexibility index (Phi) is 11.8. The van der Waals surface area contributed by atoms with E-state index < -0.39 is 37.3 Å². The Labute approximate surface area is 162 Å². The number of rotatable bonds is 12. The number of carbonyl (C=O) groups excluding carboxylic acids is 1. The molecule has 0 radical (unpaired) electrons. The van der Waals surface area contributed by atoms with Crippen LogP contribution in [0.4, 0.5) is 0 Å². The van der Waals surface area contributed by atoms with Crippen molar-refractivity contribution in [3.05, 3.63) is 12.2 Å². The minimum absolute atomic E-state index is 0.209. The van der Waals surface area contributed by atoms with Gasteiger partial charge >= 0.3 is 0 Å². The number of unbranched alkanes of at least 4 members (excludes halogenated alkanes) is 6. The fourth-order valence-corrected chi connectivity index (χ4v) is 3.32. The number of aliphatic hydroxyl groups excluding tert-OH is 4. The lowest BCUT2D eigenvalue weighted by Crippen LogP contribution is -2.64. The van der Waals surface area contributed by atoms with Crippen molar-refractivity contribution >= 4 is 5.91 Å². The number of aliphatic hydroxyl groups is 4. The Hall–Kier alpha value is -0.990. The maximum Gasteiger partial charge on any atom is 0.222 e. The summed E-state index contributed by atoms with van der Waals surface area (Å²) in [7, 11) is 1.48.